The van der Waals surface area contributed by atoms with Crippen LogP contribution in [0.15, 0.2) is 60.7 Å². The number of imidazole rings is 1. The number of unbranched alkanes of at least 4 members (excludes halogenated alkanes) is 1. The fourth-order valence-electron chi connectivity index (χ4n) is 4.53. The van der Waals surface area contributed by atoms with Crippen molar-refractivity contribution in [2.45, 2.75) is 32.2 Å². The molecule has 0 aliphatic heterocycles. The number of aryl methyl sites for hydroxylation is 1. The number of benzene rings is 3. The van der Waals surface area contributed by atoms with Crippen molar-refractivity contribution in [3.63, 3.8) is 0 Å². The summed E-state index contributed by atoms with van der Waals surface area (Å²) in [7, 11) is 4.84. The second kappa shape index (κ2) is 10.5. The van der Waals surface area contributed by atoms with Crippen LogP contribution in [-0.2, 0) is 11.2 Å². The Kier molecular flexibility index (Phi) is 7.25. The zero-order chi connectivity index (χ0) is 24.9. The van der Waals surface area contributed by atoms with Gasteiger partial charge in [0.05, 0.1) is 37.9 Å². The van der Waals surface area contributed by atoms with Crippen molar-refractivity contribution in [1.29, 1.82) is 0 Å². The van der Waals surface area contributed by atoms with Crippen LogP contribution in [0.4, 0.5) is 0 Å². The summed E-state index contributed by atoms with van der Waals surface area (Å²) in [4.78, 5) is 18.0. The lowest BCUT2D eigenvalue weighted by Crippen LogP contribution is -2.28. The smallest absolute Gasteiger partial charge is 0.245 e. The first kappa shape index (κ1) is 24.1. The molecule has 1 heterocycles. The van der Waals surface area contributed by atoms with Gasteiger partial charge >= 0.3 is 0 Å². The minimum absolute atomic E-state index is 0.483. The molecular weight excluding hydrogens is 442 g/mol. The highest BCUT2D eigenvalue weighted by molar-refractivity contribution is 5.89. The molecule has 0 radical (unpaired) electrons. The molecule has 182 valence electrons. The molecule has 0 aliphatic carbocycles. The number of amides is 1. The molecule has 1 amide bonds. The maximum absolute atomic E-state index is 13.1. The standard InChI is InChI=1S/C28H31N3O4/c1-5-6-10-18-17-19(15-16-23(18)33-2)25(27(29)32)31-22-13-8-7-12-21(22)30-28(31)20-11-9-14-24(34-3)26(20)35-4/h7-9,11-17,25H,5-6,10H2,1-4H3,(H2,29,32). The average molecular weight is 474 g/mol. The third kappa shape index (κ3) is 4.54. The van der Waals surface area contributed by atoms with Crippen LogP contribution in [-0.4, -0.2) is 36.8 Å². The molecule has 1 unspecified atom stereocenters. The van der Waals surface area contributed by atoms with E-state index in [9.17, 15) is 4.79 Å². The molecule has 7 heteroatoms. The number of carbonyl (C=O) groups is 1. The molecule has 35 heavy (non-hydrogen) atoms. The van der Waals surface area contributed by atoms with E-state index in [1.807, 2.05) is 65.2 Å². The Labute approximate surface area is 205 Å². The van der Waals surface area contributed by atoms with E-state index in [-0.39, 0.29) is 0 Å². The Morgan fingerprint density at radius 3 is 2.43 bits per heavy atom. The topological polar surface area (TPSA) is 88.6 Å². The normalized spacial score (nSPS) is 11.9. The van der Waals surface area contributed by atoms with Gasteiger partial charge in [0.25, 0.3) is 0 Å². The fraction of sp³-hybridized carbons (Fsp3) is 0.286. The minimum Gasteiger partial charge on any atom is -0.496 e. The van der Waals surface area contributed by atoms with Crippen LogP contribution in [0.2, 0.25) is 0 Å². The number of para-hydroxylation sites is 3. The number of carbonyl (C=O) groups excluding carboxylic acids is 1. The number of fused-ring (bicyclic) bond motifs is 1. The van der Waals surface area contributed by atoms with Crippen molar-refractivity contribution in [3.05, 3.63) is 71.8 Å². The Morgan fingerprint density at radius 1 is 0.971 bits per heavy atom. The highest BCUT2D eigenvalue weighted by atomic mass is 16.5. The van der Waals surface area contributed by atoms with Gasteiger partial charge in [0.2, 0.25) is 5.91 Å². The number of methoxy groups -OCH3 is 3. The predicted octanol–water partition coefficient (Wildman–Crippen LogP) is 5.15. The molecule has 4 rings (SSSR count). The number of nitrogens with zero attached hydrogens (tertiary/aromatic N) is 2. The molecule has 0 saturated carbocycles. The number of aromatic nitrogens is 2. The molecule has 7 nitrogen and oxygen atoms in total. The van der Waals surface area contributed by atoms with E-state index in [2.05, 4.69) is 6.92 Å². The molecule has 0 saturated heterocycles. The van der Waals surface area contributed by atoms with Crippen molar-refractivity contribution in [2.75, 3.05) is 21.3 Å². The van der Waals surface area contributed by atoms with Crippen molar-refractivity contribution < 1.29 is 19.0 Å². The maximum Gasteiger partial charge on any atom is 0.245 e. The fourth-order valence-corrected chi connectivity index (χ4v) is 4.53. The van der Waals surface area contributed by atoms with E-state index in [4.69, 9.17) is 24.9 Å². The minimum atomic E-state index is -0.792. The van der Waals surface area contributed by atoms with E-state index >= 15 is 0 Å². The van der Waals surface area contributed by atoms with Gasteiger partial charge in [0.15, 0.2) is 11.5 Å². The molecule has 1 aromatic heterocycles. The van der Waals surface area contributed by atoms with Crippen LogP contribution in [0.1, 0.15) is 36.9 Å². The zero-order valence-corrected chi connectivity index (χ0v) is 20.6. The number of rotatable bonds is 10. The van der Waals surface area contributed by atoms with Crippen molar-refractivity contribution >= 4 is 16.9 Å². The number of hydrogen-bond donors (Lipinski definition) is 1. The molecule has 4 aromatic rings. The van der Waals surface area contributed by atoms with Crippen molar-refractivity contribution in [2.24, 2.45) is 5.73 Å². The summed E-state index contributed by atoms with van der Waals surface area (Å²) in [6.07, 6.45) is 2.92. The lowest BCUT2D eigenvalue weighted by molar-refractivity contribution is -0.120. The Balaban J connectivity index is 1.99. The Bertz CT molecular complexity index is 1350. The van der Waals surface area contributed by atoms with Gasteiger partial charge in [0.1, 0.15) is 17.6 Å². The van der Waals surface area contributed by atoms with Crippen molar-refractivity contribution in [1.82, 2.24) is 9.55 Å². The molecule has 1 atom stereocenters. The summed E-state index contributed by atoms with van der Waals surface area (Å²) in [5.74, 6) is 1.99. The summed E-state index contributed by atoms with van der Waals surface area (Å²) in [6, 6.07) is 18.3. The van der Waals surface area contributed by atoms with Crippen LogP contribution < -0.4 is 19.9 Å². The van der Waals surface area contributed by atoms with Crippen molar-refractivity contribution in [3.8, 4) is 28.6 Å². The predicted molar refractivity (Wildman–Crippen MR) is 137 cm³/mol. The maximum atomic E-state index is 13.1. The van der Waals surface area contributed by atoms with Gasteiger partial charge in [-0.15, -0.1) is 0 Å². The molecule has 3 aromatic carbocycles. The van der Waals surface area contributed by atoms with E-state index in [1.165, 1.54) is 0 Å². The number of primary amides is 1. The molecular formula is C28H31N3O4. The number of ether oxygens (including phenoxy) is 3. The Morgan fingerprint density at radius 2 is 1.74 bits per heavy atom. The molecule has 0 aliphatic rings. The van der Waals surface area contributed by atoms with Gasteiger partial charge in [0, 0.05) is 0 Å². The third-order valence-corrected chi connectivity index (χ3v) is 6.19. The second-order valence-electron chi connectivity index (χ2n) is 8.31. The average Bonchev–Trinajstić information content (AvgIpc) is 3.25. The summed E-state index contributed by atoms with van der Waals surface area (Å²) in [5, 5.41) is 0. The summed E-state index contributed by atoms with van der Waals surface area (Å²) >= 11 is 0. The largest absolute Gasteiger partial charge is 0.496 e. The molecule has 0 fully saturated rings. The quantitative estimate of drug-likeness (QED) is 0.344. The van der Waals surface area contributed by atoms with Gasteiger partial charge in [-0.25, -0.2) is 4.98 Å². The molecule has 2 N–H and O–H groups in total. The SMILES string of the molecule is CCCCc1cc(C(C(N)=O)n2c(-c3cccc(OC)c3OC)nc3ccccc32)ccc1OC. The lowest BCUT2D eigenvalue weighted by Gasteiger charge is -2.22. The van der Waals surface area contributed by atoms with Gasteiger partial charge in [-0.3, -0.25) is 4.79 Å². The van der Waals surface area contributed by atoms with Gasteiger partial charge in [-0.2, -0.15) is 0 Å². The number of hydrogen-bond acceptors (Lipinski definition) is 5. The first-order valence-electron chi connectivity index (χ1n) is 11.7. The van der Waals surface area contributed by atoms with Crippen LogP contribution >= 0.6 is 0 Å². The second-order valence-corrected chi connectivity index (χ2v) is 8.31. The summed E-state index contributed by atoms with van der Waals surface area (Å²) in [6.45, 7) is 2.15. The lowest BCUT2D eigenvalue weighted by atomic mass is 9.98. The van der Waals surface area contributed by atoms with E-state index in [0.29, 0.717) is 22.9 Å². The van der Waals surface area contributed by atoms with E-state index in [1.54, 1.807) is 21.3 Å². The van der Waals surface area contributed by atoms with E-state index in [0.717, 1.165) is 47.2 Å². The third-order valence-electron chi connectivity index (χ3n) is 6.19. The highest BCUT2D eigenvalue weighted by Gasteiger charge is 2.28. The van der Waals surface area contributed by atoms with Gasteiger partial charge in [-0.1, -0.05) is 37.6 Å². The van der Waals surface area contributed by atoms with E-state index < -0.39 is 11.9 Å². The van der Waals surface area contributed by atoms with Crippen LogP contribution in [0, 0.1) is 0 Å². The number of nitrogens with two attached hydrogens (primary N) is 1. The van der Waals surface area contributed by atoms with Crippen LogP contribution in [0.5, 0.6) is 17.2 Å². The molecule has 0 spiro atoms. The zero-order valence-electron chi connectivity index (χ0n) is 20.6. The first-order valence-corrected chi connectivity index (χ1v) is 11.7. The van der Waals surface area contributed by atoms with Crippen LogP contribution in [0.25, 0.3) is 22.4 Å². The van der Waals surface area contributed by atoms with Gasteiger partial charge < -0.3 is 24.5 Å². The monoisotopic (exact) mass is 473 g/mol. The Hall–Kier alpha value is -4.00. The molecule has 0 bridgehead atoms. The summed E-state index contributed by atoms with van der Waals surface area (Å²) < 4.78 is 18.7. The summed E-state index contributed by atoms with van der Waals surface area (Å²) in [5.41, 5.74) is 10.1. The van der Waals surface area contributed by atoms with Gasteiger partial charge in [-0.05, 0) is 60.4 Å². The first-order chi connectivity index (χ1) is 17.0. The van der Waals surface area contributed by atoms with Crippen LogP contribution in [0.3, 0.4) is 0 Å². The highest BCUT2D eigenvalue weighted by Crippen LogP contribution is 2.41.